The predicted octanol–water partition coefficient (Wildman–Crippen LogP) is 4.29. The maximum atomic E-state index is 12.1. The summed E-state index contributed by atoms with van der Waals surface area (Å²) in [6, 6.07) is 6.30. The number of nitrogens with one attached hydrogen (secondary N) is 2. The molecule has 1 amide bonds. The molecule has 0 atom stereocenters. The highest BCUT2D eigenvalue weighted by Crippen LogP contribution is 2.24. The molecule has 2 N–H and O–H groups in total. The van der Waals surface area contributed by atoms with Crippen LogP contribution in [-0.4, -0.2) is 35.5 Å². The van der Waals surface area contributed by atoms with Gasteiger partial charge in [0.25, 0.3) is 5.91 Å². The van der Waals surface area contributed by atoms with Crippen molar-refractivity contribution in [1.29, 1.82) is 0 Å². The van der Waals surface area contributed by atoms with E-state index >= 15 is 0 Å². The minimum Gasteiger partial charge on any atom is -0.372 e. The van der Waals surface area contributed by atoms with Crippen molar-refractivity contribution >= 4 is 23.2 Å². The lowest BCUT2D eigenvalue weighted by molar-refractivity contribution is 0.0952. The standard InChI is InChI=1S/C21H31N5O/c1-5-8-9-12-22-20(27)17-14-23-21(24-15-17)25-19-11-10-18(13-16(19)4)26(6-2)7-3/h10-11,13-15H,5-9,12H2,1-4H3,(H,22,27)(H,23,24,25). The van der Waals surface area contributed by atoms with Crippen molar-refractivity contribution in [3.63, 3.8) is 0 Å². The van der Waals surface area contributed by atoms with Gasteiger partial charge in [-0.15, -0.1) is 0 Å². The van der Waals surface area contributed by atoms with Crippen LogP contribution in [0.2, 0.25) is 0 Å². The summed E-state index contributed by atoms with van der Waals surface area (Å²) < 4.78 is 0. The molecule has 0 aliphatic heterocycles. The van der Waals surface area contributed by atoms with Crippen LogP contribution in [0.3, 0.4) is 0 Å². The van der Waals surface area contributed by atoms with Gasteiger partial charge in [-0.1, -0.05) is 19.8 Å². The van der Waals surface area contributed by atoms with E-state index in [4.69, 9.17) is 0 Å². The van der Waals surface area contributed by atoms with Gasteiger partial charge in [0, 0.05) is 43.4 Å². The normalized spacial score (nSPS) is 10.5. The van der Waals surface area contributed by atoms with Crippen molar-refractivity contribution in [2.75, 3.05) is 29.9 Å². The van der Waals surface area contributed by atoms with Crippen molar-refractivity contribution in [1.82, 2.24) is 15.3 Å². The van der Waals surface area contributed by atoms with Gasteiger partial charge in [0.15, 0.2) is 0 Å². The molecular formula is C21H31N5O. The molecule has 1 aromatic carbocycles. The molecule has 0 bridgehead atoms. The Balaban J connectivity index is 1.99. The Bertz CT molecular complexity index is 726. The maximum absolute atomic E-state index is 12.1. The zero-order valence-electron chi connectivity index (χ0n) is 16.9. The quantitative estimate of drug-likeness (QED) is 0.611. The van der Waals surface area contributed by atoms with Gasteiger partial charge in [-0.05, 0) is 51.0 Å². The molecule has 1 aromatic heterocycles. The zero-order valence-corrected chi connectivity index (χ0v) is 16.9. The Morgan fingerprint density at radius 2 is 1.78 bits per heavy atom. The first-order valence-corrected chi connectivity index (χ1v) is 9.81. The molecular weight excluding hydrogens is 338 g/mol. The number of unbranched alkanes of at least 4 members (excludes halogenated alkanes) is 2. The summed E-state index contributed by atoms with van der Waals surface area (Å²) >= 11 is 0. The monoisotopic (exact) mass is 369 g/mol. The lowest BCUT2D eigenvalue weighted by Gasteiger charge is -2.22. The van der Waals surface area contributed by atoms with Crippen molar-refractivity contribution < 1.29 is 4.79 Å². The summed E-state index contributed by atoms with van der Waals surface area (Å²) in [6.45, 7) is 11.2. The summed E-state index contributed by atoms with van der Waals surface area (Å²) in [5, 5.41) is 6.12. The van der Waals surface area contributed by atoms with E-state index in [2.05, 4.69) is 65.3 Å². The van der Waals surface area contributed by atoms with Crippen LogP contribution in [-0.2, 0) is 0 Å². The number of nitrogens with zero attached hydrogens (tertiary/aromatic N) is 3. The fourth-order valence-electron chi connectivity index (χ4n) is 2.88. The van der Waals surface area contributed by atoms with Crippen molar-refractivity contribution in [3.8, 4) is 0 Å². The molecule has 0 spiro atoms. The van der Waals surface area contributed by atoms with Crippen molar-refractivity contribution in [2.24, 2.45) is 0 Å². The molecule has 0 radical (unpaired) electrons. The van der Waals surface area contributed by atoms with E-state index in [9.17, 15) is 4.79 Å². The van der Waals surface area contributed by atoms with Gasteiger partial charge in [0.1, 0.15) is 0 Å². The third-order valence-electron chi connectivity index (χ3n) is 4.56. The summed E-state index contributed by atoms with van der Waals surface area (Å²) in [6.07, 6.45) is 6.36. The number of amides is 1. The molecule has 0 saturated heterocycles. The second-order valence-electron chi connectivity index (χ2n) is 6.55. The third-order valence-corrected chi connectivity index (χ3v) is 4.56. The average molecular weight is 370 g/mol. The Hall–Kier alpha value is -2.63. The van der Waals surface area contributed by atoms with Gasteiger partial charge in [0.2, 0.25) is 5.95 Å². The lowest BCUT2D eigenvalue weighted by Crippen LogP contribution is -2.24. The Kier molecular flexibility index (Phi) is 8.04. The van der Waals surface area contributed by atoms with Crippen LogP contribution in [0, 0.1) is 6.92 Å². The molecule has 6 heteroatoms. The molecule has 146 valence electrons. The number of rotatable bonds is 10. The van der Waals surface area contributed by atoms with Crippen LogP contribution in [0.4, 0.5) is 17.3 Å². The van der Waals surface area contributed by atoms with Crippen LogP contribution >= 0.6 is 0 Å². The largest absolute Gasteiger partial charge is 0.372 e. The van der Waals surface area contributed by atoms with Crippen LogP contribution in [0.15, 0.2) is 30.6 Å². The molecule has 0 aliphatic rings. The first-order valence-electron chi connectivity index (χ1n) is 9.81. The topological polar surface area (TPSA) is 70.2 Å². The number of benzene rings is 1. The average Bonchev–Trinajstić information content (AvgIpc) is 2.68. The second-order valence-corrected chi connectivity index (χ2v) is 6.55. The smallest absolute Gasteiger partial charge is 0.254 e. The van der Waals surface area contributed by atoms with E-state index in [1.165, 1.54) is 5.69 Å². The number of carbonyl (C=O) groups excluding carboxylic acids is 1. The highest BCUT2D eigenvalue weighted by Gasteiger charge is 2.09. The minimum absolute atomic E-state index is 0.127. The summed E-state index contributed by atoms with van der Waals surface area (Å²) in [5.41, 5.74) is 3.77. The first-order chi connectivity index (χ1) is 13.1. The highest BCUT2D eigenvalue weighted by molar-refractivity contribution is 5.93. The Labute approximate surface area is 162 Å². The van der Waals surface area contributed by atoms with Gasteiger partial charge in [-0.3, -0.25) is 4.79 Å². The Morgan fingerprint density at radius 3 is 2.37 bits per heavy atom. The first kappa shape index (κ1) is 20.7. The van der Waals surface area contributed by atoms with Crippen LogP contribution < -0.4 is 15.5 Å². The molecule has 6 nitrogen and oxygen atoms in total. The summed E-state index contributed by atoms with van der Waals surface area (Å²) in [5.74, 6) is 0.355. The third kappa shape index (κ3) is 5.94. The van der Waals surface area contributed by atoms with Crippen molar-refractivity contribution in [2.45, 2.75) is 47.0 Å². The van der Waals surface area contributed by atoms with Gasteiger partial charge in [-0.25, -0.2) is 9.97 Å². The van der Waals surface area contributed by atoms with E-state index in [1.807, 2.05) is 6.07 Å². The van der Waals surface area contributed by atoms with E-state index < -0.39 is 0 Å². The number of anilines is 3. The molecule has 0 aliphatic carbocycles. The Morgan fingerprint density at radius 1 is 1.07 bits per heavy atom. The number of hydrogen-bond donors (Lipinski definition) is 2. The number of carbonyl (C=O) groups is 1. The second kappa shape index (κ2) is 10.5. The number of hydrogen-bond acceptors (Lipinski definition) is 5. The fourth-order valence-corrected chi connectivity index (χ4v) is 2.88. The van der Waals surface area contributed by atoms with Gasteiger partial charge in [0.05, 0.1) is 5.56 Å². The number of aromatic nitrogens is 2. The highest BCUT2D eigenvalue weighted by atomic mass is 16.1. The maximum Gasteiger partial charge on any atom is 0.254 e. The number of aryl methyl sites for hydroxylation is 1. The van der Waals surface area contributed by atoms with E-state index in [0.29, 0.717) is 18.1 Å². The summed E-state index contributed by atoms with van der Waals surface area (Å²) in [7, 11) is 0. The minimum atomic E-state index is -0.127. The zero-order chi connectivity index (χ0) is 19.6. The van der Waals surface area contributed by atoms with Crippen molar-refractivity contribution in [3.05, 3.63) is 41.7 Å². The summed E-state index contributed by atoms with van der Waals surface area (Å²) in [4.78, 5) is 22.9. The van der Waals surface area contributed by atoms with Crippen LogP contribution in [0.1, 0.15) is 56.0 Å². The SMILES string of the molecule is CCCCCNC(=O)c1cnc(Nc2ccc(N(CC)CC)cc2C)nc1. The molecule has 2 rings (SSSR count). The predicted molar refractivity (Wildman–Crippen MR) is 112 cm³/mol. The fraction of sp³-hybridized carbons (Fsp3) is 0.476. The van der Waals surface area contributed by atoms with E-state index in [0.717, 1.165) is 43.6 Å². The molecule has 2 aromatic rings. The van der Waals surface area contributed by atoms with Crippen LogP contribution in [0.25, 0.3) is 0 Å². The van der Waals surface area contributed by atoms with Gasteiger partial charge in [-0.2, -0.15) is 0 Å². The van der Waals surface area contributed by atoms with E-state index in [1.54, 1.807) is 12.4 Å². The lowest BCUT2D eigenvalue weighted by atomic mass is 10.1. The van der Waals surface area contributed by atoms with Gasteiger partial charge < -0.3 is 15.5 Å². The molecule has 0 unspecified atom stereocenters. The van der Waals surface area contributed by atoms with Gasteiger partial charge >= 0.3 is 0 Å². The molecule has 0 saturated carbocycles. The van der Waals surface area contributed by atoms with Crippen LogP contribution in [0.5, 0.6) is 0 Å². The van der Waals surface area contributed by atoms with E-state index in [-0.39, 0.29) is 5.91 Å². The molecule has 27 heavy (non-hydrogen) atoms. The molecule has 0 fully saturated rings. The molecule has 1 heterocycles.